The Kier molecular flexibility index (Phi) is 4.97. The van der Waals surface area contributed by atoms with Crippen LogP contribution in [-0.4, -0.2) is 49.8 Å². The molecule has 2 aromatic rings. The molecule has 122 valence electrons. The number of nitrogens with one attached hydrogen (secondary N) is 1. The summed E-state index contributed by atoms with van der Waals surface area (Å²) in [5, 5.41) is 12.0. The second kappa shape index (κ2) is 6.76. The van der Waals surface area contributed by atoms with Crippen molar-refractivity contribution >= 4 is 32.7 Å². The van der Waals surface area contributed by atoms with E-state index < -0.39 is 35.0 Å². The van der Waals surface area contributed by atoms with E-state index >= 15 is 0 Å². The van der Waals surface area contributed by atoms with Crippen LogP contribution in [0.3, 0.4) is 0 Å². The lowest BCUT2D eigenvalue weighted by Gasteiger charge is -2.17. The molecule has 0 fully saturated rings. The number of carbonyl (C=O) groups excluding carboxylic acids is 1. The molecule has 0 saturated carbocycles. The van der Waals surface area contributed by atoms with Gasteiger partial charge in [0, 0.05) is 12.4 Å². The number of carboxylic acid groups (broad SMARTS) is 1. The molecule has 7 nitrogen and oxygen atoms in total. The summed E-state index contributed by atoms with van der Waals surface area (Å²) >= 11 is 0. The van der Waals surface area contributed by atoms with Crippen LogP contribution >= 0.6 is 0 Å². The van der Waals surface area contributed by atoms with Crippen molar-refractivity contribution in [3.63, 3.8) is 0 Å². The Hall–Kier alpha value is -2.45. The van der Waals surface area contributed by atoms with E-state index in [0.717, 1.165) is 9.69 Å². The number of benzene rings is 2. The van der Waals surface area contributed by atoms with Gasteiger partial charge in [0.05, 0.1) is 11.4 Å². The molecule has 0 aliphatic carbocycles. The molecule has 0 heterocycles. The van der Waals surface area contributed by atoms with Crippen molar-refractivity contribution in [1.29, 1.82) is 0 Å². The van der Waals surface area contributed by atoms with Gasteiger partial charge in [-0.3, -0.25) is 9.59 Å². The van der Waals surface area contributed by atoms with Crippen LogP contribution in [0.15, 0.2) is 47.4 Å². The number of nitrogens with zero attached hydrogens (tertiary/aromatic N) is 1. The zero-order chi connectivity index (χ0) is 17.0. The average molecular weight is 336 g/mol. The van der Waals surface area contributed by atoms with Crippen molar-refractivity contribution in [3.8, 4) is 0 Å². The second-order valence-corrected chi connectivity index (χ2v) is 6.92. The third-order valence-electron chi connectivity index (χ3n) is 3.24. The molecule has 0 spiro atoms. The lowest BCUT2D eigenvalue weighted by Crippen LogP contribution is -2.40. The second-order valence-electron chi connectivity index (χ2n) is 4.91. The molecule has 2 N–H and O–H groups in total. The van der Waals surface area contributed by atoms with E-state index in [1.807, 2.05) is 6.07 Å². The minimum absolute atomic E-state index is 0.101. The fraction of sp³-hybridized carbons (Fsp3) is 0.200. The number of fused-ring (bicyclic) bond motifs is 1. The van der Waals surface area contributed by atoms with Gasteiger partial charge < -0.3 is 10.4 Å². The predicted molar refractivity (Wildman–Crippen MR) is 84.4 cm³/mol. The first-order valence-corrected chi connectivity index (χ1v) is 8.19. The standard InChI is InChI=1S/C15H16N2O5S/c1-17(10-14(18)16-9-15(19)20)23(21,22)13-8-4-6-11-5-2-3-7-12(11)13/h2-8H,9-10H2,1H3,(H,16,18)(H,19,20). The molecule has 1 amide bonds. The Morgan fingerprint density at radius 3 is 2.48 bits per heavy atom. The highest BCUT2D eigenvalue weighted by atomic mass is 32.2. The van der Waals surface area contributed by atoms with Crippen molar-refractivity contribution in [2.24, 2.45) is 0 Å². The molecular weight excluding hydrogens is 320 g/mol. The van der Waals surface area contributed by atoms with Crippen LogP contribution in [-0.2, 0) is 19.6 Å². The first kappa shape index (κ1) is 16.9. The summed E-state index contributed by atoms with van der Waals surface area (Å²) in [5.74, 6) is -1.88. The fourth-order valence-electron chi connectivity index (χ4n) is 2.11. The highest BCUT2D eigenvalue weighted by Gasteiger charge is 2.24. The first-order chi connectivity index (χ1) is 10.8. The van der Waals surface area contributed by atoms with Crippen LogP contribution in [0.25, 0.3) is 10.8 Å². The molecule has 23 heavy (non-hydrogen) atoms. The number of aliphatic carboxylic acids is 1. The number of amides is 1. The Morgan fingerprint density at radius 2 is 1.78 bits per heavy atom. The van der Waals surface area contributed by atoms with Gasteiger partial charge in [0.1, 0.15) is 6.54 Å². The summed E-state index contributed by atoms with van der Waals surface area (Å²) in [6.07, 6.45) is 0. The summed E-state index contributed by atoms with van der Waals surface area (Å²) in [6, 6.07) is 11.9. The van der Waals surface area contributed by atoms with Crippen LogP contribution in [0.5, 0.6) is 0 Å². The summed E-state index contributed by atoms with van der Waals surface area (Å²) < 4.78 is 26.2. The van der Waals surface area contributed by atoms with Gasteiger partial charge in [-0.05, 0) is 11.5 Å². The average Bonchev–Trinajstić information content (AvgIpc) is 2.52. The van der Waals surface area contributed by atoms with Crippen LogP contribution in [0.2, 0.25) is 0 Å². The van der Waals surface area contributed by atoms with Crippen LogP contribution < -0.4 is 5.32 Å². The van der Waals surface area contributed by atoms with Crippen molar-refractivity contribution in [2.45, 2.75) is 4.90 Å². The van der Waals surface area contributed by atoms with Crippen molar-refractivity contribution in [1.82, 2.24) is 9.62 Å². The van der Waals surface area contributed by atoms with E-state index in [0.29, 0.717) is 5.39 Å². The van der Waals surface area contributed by atoms with Crippen LogP contribution in [0.4, 0.5) is 0 Å². The lowest BCUT2D eigenvalue weighted by atomic mass is 10.1. The number of likely N-dealkylation sites (N-methyl/N-ethyl adjacent to an activating group) is 1. The number of carboxylic acids is 1. The Bertz CT molecular complexity index is 843. The monoisotopic (exact) mass is 336 g/mol. The van der Waals surface area contributed by atoms with Gasteiger partial charge in [-0.25, -0.2) is 8.42 Å². The molecule has 0 aliphatic heterocycles. The van der Waals surface area contributed by atoms with Gasteiger partial charge in [-0.2, -0.15) is 4.31 Å². The predicted octanol–water partition coefficient (Wildman–Crippen LogP) is 0.661. The summed E-state index contributed by atoms with van der Waals surface area (Å²) in [5.41, 5.74) is 0. The number of sulfonamides is 1. The molecule has 0 unspecified atom stereocenters. The largest absolute Gasteiger partial charge is 0.480 e. The molecule has 0 aromatic heterocycles. The van der Waals surface area contributed by atoms with Gasteiger partial charge in [0.15, 0.2) is 0 Å². The molecule has 2 aromatic carbocycles. The van der Waals surface area contributed by atoms with Crippen molar-refractivity contribution in [2.75, 3.05) is 20.1 Å². The number of hydrogen-bond donors (Lipinski definition) is 2. The zero-order valence-corrected chi connectivity index (χ0v) is 13.2. The molecule has 0 atom stereocenters. The van der Waals surface area contributed by atoms with Crippen LogP contribution in [0.1, 0.15) is 0 Å². The van der Waals surface area contributed by atoms with Crippen LogP contribution in [0, 0.1) is 0 Å². The van der Waals surface area contributed by atoms with E-state index in [1.54, 1.807) is 30.3 Å². The van der Waals surface area contributed by atoms with E-state index in [9.17, 15) is 18.0 Å². The smallest absolute Gasteiger partial charge is 0.322 e. The first-order valence-electron chi connectivity index (χ1n) is 6.75. The number of carbonyl (C=O) groups is 2. The van der Waals surface area contributed by atoms with Gasteiger partial charge in [0.2, 0.25) is 15.9 Å². The van der Waals surface area contributed by atoms with Crippen molar-refractivity contribution < 1.29 is 23.1 Å². The number of rotatable bonds is 6. The van der Waals surface area contributed by atoms with E-state index in [2.05, 4.69) is 5.32 Å². The highest BCUT2D eigenvalue weighted by Crippen LogP contribution is 2.24. The van der Waals surface area contributed by atoms with Crippen molar-refractivity contribution in [3.05, 3.63) is 42.5 Å². The highest BCUT2D eigenvalue weighted by molar-refractivity contribution is 7.89. The fourth-order valence-corrected chi connectivity index (χ4v) is 3.44. The maximum Gasteiger partial charge on any atom is 0.322 e. The van der Waals surface area contributed by atoms with E-state index in [-0.39, 0.29) is 4.90 Å². The SMILES string of the molecule is CN(CC(=O)NCC(=O)O)S(=O)(=O)c1cccc2ccccc12. The lowest BCUT2D eigenvalue weighted by molar-refractivity contribution is -0.137. The minimum Gasteiger partial charge on any atom is -0.480 e. The molecule has 0 radical (unpaired) electrons. The molecule has 0 saturated heterocycles. The Balaban J connectivity index is 2.26. The zero-order valence-electron chi connectivity index (χ0n) is 12.4. The summed E-state index contributed by atoms with van der Waals surface area (Å²) in [7, 11) is -2.60. The van der Waals surface area contributed by atoms with E-state index in [1.165, 1.54) is 13.1 Å². The normalized spacial score (nSPS) is 11.6. The van der Waals surface area contributed by atoms with Gasteiger partial charge >= 0.3 is 5.97 Å². The third kappa shape index (κ3) is 3.85. The topological polar surface area (TPSA) is 104 Å². The maximum atomic E-state index is 12.6. The molecule has 0 aliphatic rings. The number of hydrogen-bond acceptors (Lipinski definition) is 4. The summed E-state index contributed by atoms with van der Waals surface area (Å²) in [6.45, 7) is -1.01. The minimum atomic E-state index is -3.87. The van der Waals surface area contributed by atoms with Gasteiger partial charge in [-0.15, -0.1) is 0 Å². The summed E-state index contributed by atoms with van der Waals surface area (Å²) in [4.78, 5) is 22.1. The maximum absolute atomic E-state index is 12.6. The quantitative estimate of drug-likeness (QED) is 0.806. The van der Waals surface area contributed by atoms with Gasteiger partial charge in [-0.1, -0.05) is 36.4 Å². The third-order valence-corrected chi connectivity index (χ3v) is 5.10. The molecular formula is C15H16N2O5S. The molecule has 0 bridgehead atoms. The molecule has 2 rings (SSSR count). The van der Waals surface area contributed by atoms with Gasteiger partial charge in [0.25, 0.3) is 0 Å². The molecule has 8 heteroatoms. The Labute approximate surface area is 133 Å². The Morgan fingerprint density at radius 1 is 1.13 bits per heavy atom. The van der Waals surface area contributed by atoms with E-state index in [4.69, 9.17) is 5.11 Å².